The highest BCUT2D eigenvalue weighted by molar-refractivity contribution is 5.95. The molecule has 0 spiro atoms. The molecule has 186 valence electrons. The normalized spacial score (nSPS) is 17.6. The number of benzene rings is 2. The van der Waals surface area contributed by atoms with Crippen molar-refractivity contribution >= 4 is 28.4 Å². The molecular weight excluding hydrogens is 462 g/mol. The fraction of sp³-hybridized carbons (Fsp3) is 0.407. The summed E-state index contributed by atoms with van der Waals surface area (Å²) in [5.41, 5.74) is 1.14. The Kier molecular flexibility index (Phi) is 5.99. The third-order valence-electron chi connectivity index (χ3n) is 7.47. The second-order valence-electron chi connectivity index (χ2n) is 9.71. The van der Waals surface area contributed by atoms with Gasteiger partial charge in [-0.2, -0.15) is 0 Å². The van der Waals surface area contributed by atoms with Crippen LogP contribution >= 0.6 is 0 Å². The minimum absolute atomic E-state index is 0.337. The Hall–Kier alpha value is -3.62. The molecule has 0 N–H and O–H groups in total. The van der Waals surface area contributed by atoms with Crippen LogP contribution in [0.1, 0.15) is 60.6 Å². The molecule has 0 radical (unpaired) electrons. The van der Waals surface area contributed by atoms with Crippen LogP contribution in [0.2, 0.25) is 0 Å². The maximum atomic E-state index is 14.3. The zero-order valence-corrected chi connectivity index (χ0v) is 20.0. The quantitative estimate of drug-likeness (QED) is 0.406. The van der Waals surface area contributed by atoms with Crippen molar-refractivity contribution in [2.75, 3.05) is 31.1 Å². The average Bonchev–Trinajstić information content (AvgIpc) is 3.20. The third-order valence-corrected chi connectivity index (χ3v) is 7.47. The van der Waals surface area contributed by atoms with E-state index in [0.29, 0.717) is 38.5 Å². The van der Waals surface area contributed by atoms with E-state index in [1.165, 1.54) is 30.2 Å². The van der Waals surface area contributed by atoms with Crippen LogP contribution in [-0.4, -0.2) is 56.6 Å². The summed E-state index contributed by atoms with van der Waals surface area (Å²) in [6, 6.07) is 11.4. The van der Waals surface area contributed by atoms with Gasteiger partial charge >= 0.3 is 0 Å². The molecule has 1 aliphatic heterocycles. The Labute approximate surface area is 207 Å². The highest BCUT2D eigenvalue weighted by atomic mass is 19.1. The summed E-state index contributed by atoms with van der Waals surface area (Å²) in [5.74, 6) is -0.230. The van der Waals surface area contributed by atoms with Gasteiger partial charge in [-0.25, -0.2) is 18.2 Å². The molecule has 4 aromatic rings. The first kappa shape index (κ1) is 22.8. The van der Waals surface area contributed by atoms with Gasteiger partial charge in [-0.15, -0.1) is 10.2 Å². The smallest absolute Gasteiger partial charge is 0.259 e. The zero-order chi connectivity index (χ0) is 24.6. The number of halogens is 2. The Morgan fingerprint density at radius 3 is 2.42 bits per heavy atom. The van der Waals surface area contributed by atoms with E-state index in [0.717, 1.165) is 53.3 Å². The molecule has 1 saturated carbocycles. The van der Waals surface area contributed by atoms with E-state index in [9.17, 15) is 13.6 Å². The molecule has 36 heavy (non-hydrogen) atoms. The van der Waals surface area contributed by atoms with Crippen molar-refractivity contribution in [1.29, 1.82) is 0 Å². The second kappa shape index (κ2) is 9.44. The SMILES string of the molecule is O=C(c1c(F)cccc1F)N1CCCN(c2nc3ccccc3c3nnc(C4CCCCC4)n23)CC1. The largest absolute Gasteiger partial charge is 0.340 e. The number of rotatable bonds is 3. The highest BCUT2D eigenvalue weighted by Gasteiger charge is 2.29. The van der Waals surface area contributed by atoms with Crippen LogP contribution in [0.25, 0.3) is 16.6 Å². The number of amides is 1. The number of carbonyl (C=O) groups is 1. The number of fused-ring (bicyclic) bond motifs is 3. The summed E-state index contributed by atoms with van der Waals surface area (Å²) in [6.07, 6.45) is 6.44. The molecule has 1 saturated heterocycles. The van der Waals surface area contributed by atoms with Gasteiger partial charge in [0.05, 0.1) is 5.52 Å². The van der Waals surface area contributed by atoms with E-state index >= 15 is 0 Å². The predicted molar refractivity (Wildman–Crippen MR) is 133 cm³/mol. The van der Waals surface area contributed by atoms with E-state index in [2.05, 4.69) is 19.5 Å². The Morgan fingerprint density at radius 2 is 1.61 bits per heavy atom. The molecule has 1 amide bonds. The first-order chi connectivity index (χ1) is 17.6. The maximum absolute atomic E-state index is 14.3. The lowest BCUT2D eigenvalue weighted by Crippen LogP contribution is -2.36. The summed E-state index contributed by atoms with van der Waals surface area (Å²) in [6.45, 7) is 1.90. The van der Waals surface area contributed by atoms with Gasteiger partial charge in [0.15, 0.2) is 5.65 Å². The first-order valence-corrected chi connectivity index (χ1v) is 12.7. The van der Waals surface area contributed by atoms with Crippen LogP contribution in [0.5, 0.6) is 0 Å². The van der Waals surface area contributed by atoms with Crippen molar-refractivity contribution in [3.05, 3.63) is 65.5 Å². The van der Waals surface area contributed by atoms with Crippen molar-refractivity contribution in [3.63, 3.8) is 0 Å². The molecule has 2 fully saturated rings. The number of nitrogens with zero attached hydrogens (tertiary/aromatic N) is 6. The maximum Gasteiger partial charge on any atom is 0.259 e. The summed E-state index contributed by atoms with van der Waals surface area (Å²) >= 11 is 0. The number of hydrogen-bond acceptors (Lipinski definition) is 5. The molecule has 0 unspecified atom stereocenters. The van der Waals surface area contributed by atoms with Gasteiger partial charge in [-0.05, 0) is 43.5 Å². The van der Waals surface area contributed by atoms with Gasteiger partial charge < -0.3 is 9.80 Å². The lowest BCUT2D eigenvalue weighted by Gasteiger charge is -2.26. The van der Waals surface area contributed by atoms with E-state index in [-0.39, 0.29) is 0 Å². The van der Waals surface area contributed by atoms with E-state index < -0.39 is 23.1 Å². The summed E-state index contributed by atoms with van der Waals surface area (Å²) in [4.78, 5) is 21.8. The molecule has 0 bridgehead atoms. The number of hydrogen-bond donors (Lipinski definition) is 0. The van der Waals surface area contributed by atoms with Gasteiger partial charge in [0.2, 0.25) is 5.95 Å². The minimum atomic E-state index is -0.833. The summed E-state index contributed by atoms with van der Waals surface area (Å²) < 4.78 is 30.7. The van der Waals surface area contributed by atoms with Crippen molar-refractivity contribution < 1.29 is 13.6 Å². The second-order valence-corrected chi connectivity index (χ2v) is 9.71. The molecule has 3 heterocycles. The molecule has 0 atom stereocenters. The number of aromatic nitrogens is 4. The van der Waals surface area contributed by atoms with Gasteiger partial charge in [0.25, 0.3) is 5.91 Å². The molecular formula is C27H28F2N6O. The standard InChI is InChI=1S/C27H28F2N6O/c28-20-11-6-12-21(29)23(20)26(36)33-14-7-15-34(17-16-33)27-30-22-13-5-4-10-19(22)25-32-31-24(35(25)27)18-8-2-1-3-9-18/h4-6,10-13,18H,1-3,7-9,14-17H2. The van der Waals surface area contributed by atoms with E-state index in [4.69, 9.17) is 4.98 Å². The van der Waals surface area contributed by atoms with Crippen LogP contribution in [0.4, 0.5) is 14.7 Å². The summed E-state index contributed by atoms with van der Waals surface area (Å²) in [7, 11) is 0. The Balaban J connectivity index is 1.36. The molecule has 2 aromatic heterocycles. The van der Waals surface area contributed by atoms with Crippen LogP contribution in [0, 0.1) is 11.6 Å². The van der Waals surface area contributed by atoms with Crippen LogP contribution in [0.3, 0.4) is 0 Å². The van der Waals surface area contributed by atoms with Gasteiger partial charge in [-0.1, -0.05) is 37.5 Å². The monoisotopic (exact) mass is 490 g/mol. The number of anilines is 1. The number of carbonyl (C=O) groups excluding carboxylic acids is 1. The minimum Gasteiger partial charge on any atom is -0.340 e. The van der Waals surface area contributed by atoms with Crippen molar-refractivity contribution in [1.82, 2.24) is 24.5 Å². The van der Waals surface area contributed by atoms with Gasteiger partial charge in [0.1, 0.15) is 23.0 Å². The van der Waals surface area contributed by atoms with E-state index in [1.807, 2.05) is 24.3 Å². The predicted octanol–water partition coefficient (Wildman–Crippen LogP) is 4.96. The topological polar surface area (TPSA) is 66.6 Å². The lowest BCUT2D eigenvalue weighted by molar-refractivity contribution is 0.0757. The van der Waals surface area contributed by atoms with Crippen molar-refractivity contribution in [2.24, 2.45) is 0 Å². The van der Waals surface area contributed by atoms with E-state index in [1.54, 1.807) is 0 Å². The van der Waals surface area contributed by atoms with Crippen molar-refractivity contribution in [2.45, 2.75) is 44.4 Å². The zero-order valence-electron chi connectivity index (χ0n) is 20.0. The molecule has 1 aliphatic carbocycles. The van der Waals surface area contributed by atoms with Crippen LogP contribution < -0.4 is 4.90 Å². The molecule has 2 aliphatic rings. The molecule has 2 aromatic carbocycles. The lowest BCUT2D eigenvalue weighted by atomic mass is 9.89. The van der Waals surface area contributed by atoms with Crippen LogP contribution in [0.15, 0.2) is 42.5 Å². The molecule has 7 nitrogen and oxygen atoms in total. The van der Waals surface area contributed by atoms with Gasteiger partial charge in [-0.3, -0.25) is 4.79 Å². The average molecular weight is 491 g/mol. The fourth-order valence-corrected chi connectivity index (χ4v) is 5.60. The Bertz CT molecular complexity index is 1410. The highest BCUT2D eigenvalue weighted by Crippen LogP contribution is 2.34. The Morgan fingerprint density at radius 1 is 0.833 bits per heavy atom. The van der Waals surface area contributed by atoms with Gasteiger partial charge in [0, 0.05) is 37.5 Å². The first-order valence-electron chi connectivity index (χ1n) is 12.7. The fourth-order valence-electron chi connectivity index (χ4n) is 5.60. The molecule has 9 heteroatoms. The molecule has 6 rings (SSSR count). The van der Waals surface area contributed by atoms with Crippen molar-refractivity contribution in [3.8, 4) is 0 Å². The summed E-state index contributed by atoms with van der Waals surface area (Å²) in [5, 5.41) is 10.2. The number of para-hydroxylation sites is 1. The third kappa shape index (κ3) is 3.96. The van der Waals surface area contributed by atoms with Crippen LogP contribution in [-0.2, 0) is 0 Å².